The summed E-state index contributed by atoms with van der Waals surface area (Å²) in [5, 5.41) is 0. The Labute approximate surface area is 532 Å². The summed E-state index contributed by atoms with van der Waals surface area (Å²) in [4.78, 5) is 7.84. The molecule has 89 heavy (non-hydrogen) atoms. The van der Waals surface area contributed by atoms with Crippen LogP contribution in [-0.2, 0) is 37.9 Å². The van der Waals surface area contributed by atoms with Crippen molar-refractivity contribution in [2.24, 2.45) is 0 Å². The lowest BCUT2D eigenvalue weighted by Gasteiger charge is -2.49. The van der Waals surface area contributed by atoms with E-state index in [1.807, 2.05) is 0 Å². The lowest BCUT2D eigenvalue weighted by Crippen LogP contribution is -2.62. The van der Waals surface area contributed by atoms with Crippen LogP contribution in [0.5, 0.6) is 0 Å². The van der Waals surface area contributed by atoms with Crippen molar-refractivity contribution in [3.63, 3.8) is 0 Å². The van der Waals surface area contributed by atoms with Crippen molar-refractivity contribution < 1.29 is 0 Å². The molecular formula is C85H88BN3. The molecule has 0 fully saturated rings. The first-order chi connectivity index (χ1) is 42.0. The highest BCUT2D eigenvalue weighted by Gasteiger charge is 2.49. The normalized spacial score (nSPS) is 16.3. The average Bonchev–Trinajstić information content (AvgIpc) is 0.689. The van der Waals surface area contributed by atoms with E-state index in [4.69, 9.17) is 0 Å². The molecule has 4 heteroatoms. The van der Waals surface area contributed by atoms with Crippen LogP contribution in [0.15, 0.2) is 206 Å². The molecule has 0 radical (unpaired) electrons. The smallest absolute Gasteiger partial charge is 0.252 e. The number of fused-ring (bicyclic) bond motifs is 8. The molecule has 4 aliphatic rings. The van der Waals surface area contributed by atoms with Gasteiger partial charge in [0, 0.05) is 72.7 Å². The molecule has 0 N–H and O–H groups in total. The highest BCUT2D eigenvalue weighted by Crippen LogP contribution is 2.56. The molecule has 0 atom stereocenters. The highest BCUT2D eigenvalue weighted by atomic mass is 15.2. The molecule has 0 spiro atoms. The van der Waals surface area contributed by atoms with Gasteiger partial charge in [0.1, 0.15) is 0 Å². The molecule has 0 amide bonds. The maximum absolute atomic E-state index is 2.69. The number of rotatable bonds is 6. The van der Waals surface area contributed by atoms with E-state index in [2.05, 4.69) is 346 Å². The Hall–Kier alpha value is -8.34. The van der Waals surface area contributed by atoms with Crippen LogP contribution in [0, 0.1) is 6.92 Å². The van der Waals surface area contributed by atoms with Crippen LogP contribution in [-0.4, -0.2) is 6.71 Å². The minimum atomic E-state index is -0.273. The lowest BCUT2D eigenvalue weighted by atomic mass is 9.33. The van der Waals surface area contributed by atoms with Crippen molar-refractivity contribution in [3.8, 4) is 11.1 Å². The molecular weight excluding hydrogens is 1070 g/mol. The maximum Gasteiger partial charge on any atom is 0.252 e. The van der Waals surface area contributed by atoms with Gasteiger partial charge in [0.25, 0.3) is 6.71 Å². The lowest BCUT2D eigenvalue weighted by molar-refractivity contribution is 0.520. The Balaban J connectivity index is 1.09. The fourth-order valence-corrected chi connectivity index (χ4v) is 16.0. The second-order valence-corrected chi connectivity index (χ2v) is 31.6. The second-order valence-electron chi connectivity index (χ2n) is 31.6. The largest absolute Gasteiger partial charge is 0.311 e. The van der Waals surface area contributed by atoms with Crippen LogP contribution < -0.4 is 31.1 Å². The van der Waals surface area contributed by atoms with E-state index < -0.39 is 0 Å². The van der Waals surface area contributed by atoms with E-state index in [9.17, 15) is 0 Å². The molecule has 10 aromatic carbocycles. The third-order valence-corrected chi connectivity index (χ3v) is 21.3. The molecule has 446 valence electrons. The number of nitrogens with zero attached hydrogens (tertiary/aromatic N) is 3. The Bertz CT molecular complexity index is 4440. The third-order valence-electron chi connectivity index (χ3n) is 21.3. The molecule has 0 saturated heterocycles. The summed E-state index contributed by atoms with van der Waals surface area (Å²) in [7, 11) is 0. The summed E-state index contributed by atoms with van der Waals surface area (Å²) in [6.45, 7) is 42.6. The van der Waals surface area contributed by atoms with Gasteiger partial charge in [-0.3, -0.25) is 0 Å². The average molecular weight is 1160 g/mol. The van der Waals surface area contributed by atoms with Crippen LogP contribution in [0.2, 0.25) is 0 Å². The van der Waals surface area contributed by atoms with Gasteiger partial charge < -0.3 is 14.7 Å². The van der Waals surface area contributed by atoms with E-state index in [1.165, 1.54) is 123 Å². The van der Waals surface area contributed by atoms with Crippen molar-refractivity contribution >= 4 is 74.3 Å². The quantitative estimate of drug-likeness (QED) is 0.154. The first-order valence-corrected chi connectivity index (χ1v) is 32.6. The molecule has 10 aromatic rings. The summed E-state index contributed by atoms with van der Waals surface area (Å²) >= 11 is 0. The standard InChI is InChI=1S/C85H88BN3/c1-53-46-76-78-77(47-53)89(73-45-36-57(81(8,9)10)48-62(73)54-26-20-19-21-27-54)74-50-61(87(58-37-32-55(33-38-58)79(2,3)4)59-39-34-56(35-40-59)80(5,6)7)42-44-71(74)86(78)72-51-69-70(85(17,18)66-31-25-24-30-65(66)84(69,15)16)52-75(72)88(76)60-41-43-67-68(49-60)83(13,14)64-29-23-22-28-63(64)82(67,11)12/h19-52H,1-18H3. The Kier molecular flexibility index (Phi) is 13.0. The molecule has 0 saturated carbocycles. The van der Waals surface area contributed by atoms with Gasteiger partial charge in [-0.25, -0.2) is 0 Å². The van der Waals surface area contributed by atoms with Crippen LogP contribution in [0.4, 0.5) is 51.2 Å². The van der Waals surface area contributed by atoms with Gasteiger partial charge in [0.15, 0.2) is 0 Å². The molecule has 0 unspecified atom stereocenters. The van der Waals surface area contributed by atoms with Gasteiger partial charge >= 0.3 is 0 Å². The molecule has 14 rings (SSSR count). The first kappa shape index (κ1) is 58.4. The molecule has 0 aromatic heterocycles. The predicted octanol–water partition coefficient (Wildman–Crippen LogP) is 21.0. The second kappa shape index (κ2) is 19.8. The minimum Gasteiger partial charge on any atom is -0.311 e. The van der Waals surface area contributed by atoms with E-state index in [1.54, 1.807) is 0 Å². The van der Waals surface area contributed by atoms with Gasteiger partial charge in [-0.2, -0.15) is 0 Å². The van der Waals surface area contributed by atoms with Crippen molar-refractivity contribution in [1.29, 1.82) is 0 Å². The van der Waals surface area contributed by atoms with Crippen LogP contribution in [0.25, 0.3) is 11.1 Å². The SMILES string of the molecule is Cc1cc2c3c(c1)N(c1ccc(C(C)(C)C)cc1-c1ccccc1)c1cc(N(c4ccc(C(C)(C)C)cc4)c4ccc(C(C)(C)C)cc4)ccc1B3c1cc3c(cc1N2c1ccc2c(c1)C(C)(C)c1ccccc1C2(C)C)C(C)(C)c1ccccc1C3(C)C. The van der Waals surface area contributed by atoms with Crippen LogP contribution >= 0.6 is 0 Å². The van der Waals surface area contributed by atoms with Gasteiger partial charge in [-0.15, -0.1) is 0 Å². The van der Waals surface area contributed by atoms with Crippen molar-refractivity contribution in [1.82, 2.24) is 0 Å². The number of anilines is 9. The van der Waals surface area contributed by atoms with Crippen LogP contribution in [0.1, 0.15) is 184 Å². The summed E-state index contributed by atoms with van der Waals surface area (Å²) in [5.74, 6) is 0. The molecule has 2 heterocycles. The van der Waals surface area contributed by atoms with Crippen LogP contribution in [0.3, 0.4) is 0 Å². The zero-order valence-electron chi connectivity index (χ0n) is 56.0. The zero-order valence-corrected chi connectivity index (χ0v) is 56.0. The molecule has 2 aliphatic heterocycles. The fourth-order valence-electron chi connectivity index (χ4n) is 16.0. The Morgan fingerprint density at radius 3 is 1.27 bits per heavy atom. The minimum absolute atomic E-state index is 0.00648. The van der Waals surface area contributed by atoms with Gasteiger partial charge in [0.05, 0.1) is 5.69 Å². The van der Waals surface area contributed by atoms with E-state index >= 15 is 0 Å². The van der Waals surface area contributed by atoms with E-state index in [0.29, 0.717) is 0 Å². The molecule has 3 nitrogen and oxygen atoms in total. The third kappa shape index (κ3) is 9.03. The van der Waals surface area contributed by atoms with Crippen molar-refractivity contribution in [2.75, 3.05) is 14.7 Å². The monoisotopic (exact) mass is 1160 g/mol. The first-order valence-electron chi connectivity index (χ1n) is 32.6. The fraction of sp³-hybridized carbons (Fsp3) is 0.294. The summed E-state index contributed by atoms with van der Waals surface area (Å²) in [6, 6.07) is 80.8. The summed E-state index contributed by atoms with van der Waals surface area (Å²) in [6.07, 6.45) is 0. The number of aryl methyl sites for hydroxylation is 1. The summed E-state index contributed by atoms with van der Waals surface area (Å²) < 4.78 is 0. The topological polar surface area (TPSA) is 9.72 Å². The van der Waals surface area contributed by atoms with Gasteiger partial charge in [-0.1, -0.05) is 245 Å². The molecule has 0 bridgehead atoms. The van der Waals surface area contributed by atoms with E-state index in [0.717, 1.165) is 22.7 Å². The van der Waals surface area contributed by atoms with Crippen molar-refractivity contribution in [3.05, 3.63) is 273 Å². The van der Waals surface area contributed by atoms with Gasteiger partial charge in [-0.05, 0) is 191 Å². The van der Waals surface area contributed by atoms with E-state index in [-0.39, 0.29) is 44.6 Å². The number of benzene rings is 10. The highest BCUT2D eigenvalue weighted by molar-refractivity contribution is 7.00. The number of hydrogen-bond acceptors (Lipinski definition) is 3. The molecule has 2 aliphatic carbocycles. The predicted molar refractivity (Wildman–Crippen MR) is 383 cm³/mol. The number of hydrogen-bond donors (Lipinski definition) is 0. The zero-order chi connectivity index (χ0) is 62.9. The summed E-state index contributed by atoms with van der Waals surface area (Å²) in [5.41, 5.74) is 32.2. The Morgan fingerprint density at radius 1 is 0.326 bits per heavy atom. The maximum atomic E-state index is 2.69. The Morgan fingerprint density at radius 2 is 0.753 bits per heavy atom. The van der Waals surface area contributed by atoms with Crippen molar-refractivity contribution in [2.45, 2.75) is 163 Å². The van der Waals surface area contributed by atoms with Gasteiger partial charge in [0.2, 0.25) is 0 Å².